The number of benzene rings is 2. The van der Waals surface area contributed by atoms with Crippen LogP contribution < -0.4 is 5.48 Å². The number of aryl methyl sites for hydroxylation is 1. The molecule has 0 aliphatic heterocycles. The normalized spacial score (nSPS) is 12.6. The number of nitrogens with zero attached hydrogens (tertiary/aromatic N) is 1. The van der Waals surface area contributed by atoms with Gasteiger partial charge in [-0.15, -0.1) is 0 Å². The third-order valence-corrected chi connectivity index (χ3v) is 4.08. The van der Waals surface area contributed by atoms with E-state index in [0.717, 1.165) is 11.1 Å². The van der Waals surface area contributed by atoms with Crippen LogP contribution in [0.1, 0.15) is 35.2 Å². The van der Waals surface area contributed by atoms with Crippen molar-refractivity contribution >= 4 is 11.7 Å². The minimum absolute atomic E-state index is 0.0458. The molecule has 0 saturated heterocycles. The summed E-state index contributed by atoms with van der Waals surface area (Å²) < 4.78 is 18.6. The lowest BCUT2D eigenvalue weighted by Gasteiger charge is -2.17. The molecule has 7 heteroatoms. The van der Waals surface area contributed by atoms with Crippen molar-refractivity contribution in [3.05, 3.63) is 70.5 Å². The van der Waals surface area contributed by atoms with Crippen molar-refractivity contribution < 1.29 is 23.6 Å². The van der Waals surface area contributed by atoms with Gasteiger partial charge in [0.05, 0.1) is 19.8 Å². The maximum absolute atomic E-state index is 13.9. The van der Waals surface area contributed by atoms with Crippen LogP contribution in [0.4, 0.5) is 4.39 Å². The summed E-state index contributed by atoms with van der Waals surface area (Å²) in [5.41, 5.74) is 5.57. The summed E-state index contributed by atoms with van der Waals surface area (Å²) in [5.74, 6) is -0.922. The fourth-order valence-electron chi connectivity index (χ4n) is 2.63. The van der Waals surface area contributed by atoms with Crippen LogP contribution in [0.25, 0.3) is 0 Å². The molecule has 0 bridgehead atoms. The number of carbonyl (C=O) groups is 1. The topological polar surface area (TPSA) is 69.2 Å². The number of hydroxylamine groups is 1. The van der Waals surface area contributed by atoms with Crippen LogP contribution in [0.15, 0.2) is 47.6 Å². The van der Waals surface area contributed by atoms with Gasteiger partial charge in [0.2, 0.25) is 0 Å². The predicted molar refractivity (Wildman–Crippen MR) is 99.5 cm³/mol. The summed E-state index contributed by atoms with van der Waals surface area (Å²) in [6, 6.07) is 11.6. The van der Waals surface area contributed by atoms with Gasteiger partial charge in [0.1, 0.15) is 12.9 Å². The van der Waals surface area contributed by atoms with Crippen LogP contribution in [0.3, 0.4) is 0 Å². The minimum Gasteiger partial charge on any atom is -0.464 e. The number of carbonyl (C=O) groups excluding carboxylic acids is 1. The minimum atomic E-state index is -0.614. The molecule has 0 heterocycles. The summed E-state index contributed by atoms with van der Waals surface area (Å²) in [7, 11) is 2.63. The standard InChI is InChI=1S/C20H23FN2O4/c1-13-8-7-10-16(19(23-26-4)20(24)25-3)17(13)12-27-22-14(2)15-9-5-6-11-18(15)21/h5-11,14,22H,12H2,1-4H3/b23-19+. The van der Waals surface area contributed by atoms with E-state index in [0.29, 0.717) is 11.1 Å². The lowest BCUT2D eigenvalue weighted by molar-refractivity contribution is -0.132. The smallest absolute Gasteiger partial charge is 0.360 e. The summed E-state index contributed by atoms with van der Waals surface area (Å²) in [6.07, 6.45) is 0. The predicted octanol–water partition coefficient (Wildman–Crippen LogP) is 3.44. The number of hydrogen-bond acceptors (Lipinski definition) is 6. The Morgan fingerprint density at radius 3 is 2.59 bits per heavy atom. The first-order chi connectivity index (χ1) is 13.0. The van der Waals surface area contributed by atoms with Crippen LogP contribution >= 0.6 is 0 Å². The number of halogens is 1. The molecule has 0 amide bonds. The number of hydrogen-bond donors (Lipinski definition) is 1. The Labute approximate surface area is 157 Å². The molecule has 2 aromatic carbocycles. The van der Waals surface area contributed by atoms with Crippen LogP contribution in [0, 0.1) is 12.7 Å². The molecule has 2 aromatic rings. The van der Waals surface area contributed by atoms with Crippen LogP contribution in [0.2, 0.25) is 0 Å². The Morgan fingerprint density at radius 2 is 1.93 bits per heavy atom. The Kier molecular flexibility index (Phi) is 7.45. The number of oxime groups is 1. The zero-order valence-corrected chi connectivity index (χ0v) is 15.8. The molecule has 27 heavy (non-hydrogen) atoms. The molecule has 6 nitrogen and oxygen atoms in total. The highest BCUT2D eigenvalue weighted by atomic mass is 19.1. The van der Waals surface area contributed by atoms with Crippen molar-refractivity contribution in [2.45, 2.75) is 26.5 Å². The third kappa shape index (κ3) is 5.12. The average molecular weight is 374 g/mol. The van der Waals surface area contributed by atoms with Gasteiger partial charge in [-0.05, 0) is 31.0 Å². The number of ether oxygens (including phenoxy) is 1. The van der Waals surface area contributed by atoms with E-state index in [-0.39, 0.29) is 24.2 Å². The van der Waals surface area contributed by atoms with Crippen molar-refractivity contribution in [1.82, 2.24) is 5.48 Å². The van der Waals surface area contributed by atoms with Crippen LogP contribution in [-0.4, -0.2) is 25.9 Å². The number of esters is 1. The Bertz CT molecular complexity index is 823. The van der Waals surface area contributed by atoms with Gasteiger partial charge in [0, 0.05) is 11.1 Å². The molecular formula is C20H23FN2O4. The third-order valence-electron chi connectivity index (χ3n) is 4.08. The molecule has 0 saturated carbocycles. The molecule has 2 rings (SSSR count). The largest absolute Gasteiger partial charge is 0.464 e. The second kappa shape index (κ2) is 9.80. The summed E-state index contributed by atoms with van der Waals surface area (Å²) >= 11 is 0. The van der Waals surface area contributed by atoms with E-state index >= 15 is 0 Å². The van der Waals surface area contributed by atoms with Gasteiger partial charge in [0.15, 0.2) is 5.71 Å². The lowest BCUT2D eigenvalue weighted by atomic mass is 9.99. The highest BCUT2D eigenvalue weighted by Gasteiger charge is 2.21. The average Bonchev–Trinajstić information content (AvgIpc) is 2.67. The molecular weight excluding hydrogens is 351 g/mol. The Morgan fingerprint density at radius 1 is 1.19 bits per heavy atom. The van der Waals surface area contributed by atoms with Gasteiger partial charge >= 0.3 is 5.97 Å². The Hall–Kier alpha value is -2.77. The van der Waals surface area contributed by atoms with E-state index in [1.54, 1.807) is 37.3 Å². The summed E-state index contributed by atoms with van der Waals surface area (Å²) in [4.78, 5) is 22.4. The van der Waals surface area contributed by atoms with Gasteiger partial charge in [-0.1, -0.05) is 41.6 Å². The van der Waals surface area contributed by atoms with E-state index in [1.165, 1.54) is 20.3 Å². The monoisotopic (exact) mass is 374 g/mol. The lowest BCUT2D eigenvalue weighted by Crippen LogP contribution is -2.23. The fraction of sp³-hybridized carbons (Fsp3) is 0.300. The zero-order valence-electron chi connectivity index (χ0n) is 15.8. The van der Waals surface area contributed by atoms with Crippen LogP contribution in [-0.2, 0) is 25.8 Å². The van der Waals surface area contributed by atoms with Gasteiger partial charge in [-0.2, -0.15) is 5.48 Å². The maximum Gasteiger partial charge on any atom is 0.360 e. The van der Waals surface area contributed by atoms with Gasteiger partial charge < -0.3 is 9.57 Å². The second-order valence-corrected chi connectivity index (χ2v) is 5.86. The SMILES string of the molecule is CO/N=C(/C(=O)OC)c1cccc(C)c1CONC(C)c1ccccc1F. The first-order valence-corrected chi connectivity index (χ1v) is 8.39. The zero-order chi connectivity index (χ0) is 19.8. The molecule has 0 fully saturated rings. The highest BCUT2D eigenvalue weighted by Crippen LogP contribution is 2.19. The summed E-state index contributed by atoms with van der Waals surface area (Å²) in [6.45, 7) is 3.83. The van der Waals surface area contributed by atoms with E-state index in [4.69, 9.17) is 14.4 Å². The molecule has 0 aromatic heterocycles. The molecule has 0 radical (unpaired) electrons. The molecule has 144 valence electrons. The van der Waals surface area contributed by atoms with Crippen molar-refractivity contribution in [1.29, 1.82) is 0 Å². The van der Waals surface area contributed by atoms with Crippen molar-refractivity contribution in [2.24, 2.45) is 5.16 Å². The maximum atomic E-state index is 13.9. The van der Waals surface area contributed by atoms with E-state index in [9.17, 15) is 9.18 Å². The molecule has 0 aliphatic carbocycles. The van der Waals surface area contributed by atoms with Gasteiger partial charge in [0.25, 0.3) is 0 Å². The second-order valence-electron chi connectivity index (χ2n) is 5.86. The molecule has 1 unspecified atom stereocenters. The van der Waals surface area contributed by atoms with Crippen LogP contribution in [0.5, 0.6) is 0 Å². The molecule has 1 N–H and O–H groups in total. The first kappa shape index (κ1) is 20.5. The molecule has 1 atom stereocenters. The number of nitrogens with one attached hydrogen (secondary N) is 1. The number of rotatable bonds is 8. The van der Waals surface area contributed by atoms with Gasteiger partial charge in [-0.3, -0.25) is 4.84 Å². The van der Waals surface area contributed by atoms with Crippen molar-refractivity contribution in [3.63, 3.8) is 0 Å². The fourth-order valence-corrected chi connectivity index (χ4v) is 2.63. The Balaban J connectivity index is 2.18. The van der Waals surface area contributed by atoms with Gasteiger partial charge in [-0.25, -0.2) is 9.18 Å². The van der Waals surface area contributed by atoms with E-state index < -0.39 is 5.97 Å². The van der Waals surface area contributed by atoms with E-state index in [2.05, 4.69) is 10.6 Å². The van der Waals surface area contributed by atoms with Crippen molar-refractivity contribution in [2.75, 3.05) is 14.2 Å². The highest BCUT2D eigenvalue weighted by molar-refractivity contribution is 6.43. The summed E-state index contributed by atoms with van der Waals surface area (Å²) in [5, 5.41) is 3.79. The molecule has 0 spiro atoms. The quantitative estimate of drug-likeness (QED) is 0.435. The van der Waals surface area contributed by atoms with Crippen molar-refractivity contribution in [3.8, 4) is 0 Å². The first-order valence-electron chi connectivity index (χ1n) is 8.39. The molecule has 0 aliphatic rings. The van der Waals surface area contributed by atoms with E-state index in [1.807, 2.05) is 13.0 Å². The number of methoxy groups -OCH3 is 1.